The van der Waals surface area contributed by atoms with Crippen LogP contribution in [0.4, 0.5) is 10.1 Å². The van der Waals surface area contributed by atoms with Crippen molar-refractivity contribution in [1.82, 2.24) is 29.4 Å². The molecule has 1 saturated carbocycles. The number of rotatable bonds is 7. The van der Waals surface area contributed by atoms with Crippen molar-refractivity contribution in [2.75, 3.05) is 51.4 Å². The van der Waals surface area contributed by atoms with E-state index in [1.165, 1.54) is 6.07 Å². The second kappa shape index (κ2) is 9.90. The number of imidazole rings is 1. The standard InChI is InChI=1S/C29H32FN7O3/c1-18-9-24(30)23(29(38)33-20-3-4-20)10-22(18)19-12-32-37(14-19)28-13-31-27-11-26(39-2)25(15-36(27)28)35-7-5-34(6-8-35)21-16-40-17-21/h9-15,20-21H,3-8,16-17H2,1-2H3,(H,33,38). The fourth-order valence-electron chi connectivity index (χ4n) is 5.55. The van der Waals surface area contributed by atoms with E-state index >= 15 is 0 Å². The number of nitrogens with zero attached hydrogens (tertiary/aromatic N) is 6. The lowest BCUT2D eigenvalue weighted by molar-refractivity contribution is -0.0660. The molecule has 2 saturated heterocycles. The number of benzene rings is 1. The summed E-state index contributed by atoms with van der Waals surface area (Å²) < 4.78 is 29.6. The molecule has 3 aromatic heterocycles. The molecule has 1 aliphatic carbocycles. The van der Waals surface area contributed by atoms with Crippen LogP contribution in [-0.2, 0) is 4.74 Å². The van der Waals surface area contributed by atoms with E-state index in [1.807, 2.05) is 23.6 Å². The number of fused-ring (bicyclic) bond motifs is 1. The second-order valence-corrected chi connectivity index (χ2v) is 10.9. The minimum absolute atomic E-state index is 0.0525. The van der Waals surface area contributed by atoms with Crippen LogP contribution in [0.15, 0.2) is 43.0 Å². The number of methoxy groups -OCH3 is 1. The molecule has 7 rings (SSSR count). The number of pyridine rings is 1. The van der Waals surface area contributed by atoms with E-state index in [0.717, 1.165) is 91.8 Å². The van der Waals surface area contributed by atoms with E-state index in [0.29, 0.717) is 6.04 Å². The Morgan fingerprint density at radius 2 is 1.90 bits per heavy atom. The van der Waals surface area contributed by atoms with Crippen molar-refractivity contribution >= 4 is 17.2 Å². The Morgan fingerprint density at radius 1 is 1.10 bits per heavy atom. The Kier molecular flexibility index (Phi) is 6.20. The number of ether oxygens (including phenoxy) is 2. The van der Waals surface area contributed by atoms with Crippen LogP contribution in [0, 0.1) is 12.7 Å². The Morgan fingerprint density at radius 3 is 2.60 bits per heavy atom. The molecule has 3 fully saturated rings. The number of carbonyl (C=O) groups is 1. The van der Waals surface area contributed by atoms with Gasteiger partial charge in [-0.1, -0.05) is 0 Å². The molecule has 208 valence electrons. The molecule has 0 unspecified atom stereocenters. The summed E-state index contributed by atoms with van der Waals surface area (Å²) in [5.74, 6) is 0.655. The monoisotopic (exact) mass is 545 g/mol. The number of hydrogen-bond donors (Lipinski definition) is 1. The smallest absolute Gasteiger partial charge is 0.254 e. The van der Waals surface area contributed by atoms with E-state index in [1.54, 1.807) is 30.3 Å². The van der Waals surface area contributed by atoms with Gasteiger partial charge in [0.2, 0.25) is 0 Å². The predicted molar refractivity (Wildman–Crippen MR) is 148 cm³/mol. The molecule has 1 aromatic carbocycles. The van der Waals surface area contributed by atoms with Crippen LogP contribution in [0.25, 0.3) is 22.6 Å². The van der Waals surface area contributed by atoms with Gasteiger partial charge >= 0.3 is 0 Å². The first-order chi connectivity index (χ1) is 19.5. The highest BCUT2D eigenvalue weighted by molar-refractivity contribution is 5.96. The van der Waals surface area contributed by atoms with Gasteiger partial charge in [0, 0.05) is 56.2 Å². The lowest BCUT2D eigenvalue weighted by Gasteiger charge is -2.43. The minimum Gasteiger partial charge on any atom is -0.494 e. The van der Waals surface area contributed by atoms with Gasteiger partial charge in [-0.3, -0.25) is 14.1 Å². The maximum atomic E-state index is 14.7. The molecule has 0 atom stereocenters. The van der Waals surface area contributed by atoms with E-state index in [4.69, 9.17) is 9.47 Å². The Hall–Kier alpha value is -3.96. The van der Waals surface area contributed by atoms with Gasteiger partial charge in [-0.2, -0.15) is 5.10 Å². The third-order valence-corrected chi connectivity index (χ3v) is 8.18. The van der Waals surface area contributed by atoms with Crippen molar-refractivity contribution < 1.29 is 18.7 Å². The summed E-state index contributed by atoms with van der Waals surface area (Å²) in [7, 11) is 1.69. The topological polar surface area (TPSA) is 89.2 Å². The highest BCUT2D eigenvalue weighted by atomic mass is 19.1. The SMILES string of the molecule is COc1cc2ncc(-n3cc(-c4cc(C(=O)NC5CC5)c(F)cc4C)cn3)n2cc1N1CCN(C2COC2)CC1. The summed E-state index contributed by atoms with van der Waals surface area (Å²) in [5, 5.41) is 7.49. The van der Waals surface area contributed by atoms with E-state index in [2.05, 4.69) is 31.4 Å². The number of nitrogens with one attached hydrogen (secondary N) is 1. The first-order valence-electron chi connectivity index (χ1n) is 13.8. The van der Waals surface area contributed by atoms with Crippen molar-refractivity contribution in [1.29, 1.82) is 0 Å². The van der Waals surface area contributed by atoms with Gasteiger partial charge in [-0.05, 0) is 43.0 Å². The maximum Gasteiger partial charge on any atom is 0.254 e. The lowest BCUT2D eigenvalue weighted by Crippen LogP contribution is -2.56. The van der Waals surface area contributed by atoms with Crippen molar-refractivity contribution in [3.05, 3.63) is 59.9 Å². The normalized spacial score (nSPS) is 18.2. The molecule has 40 heavy (non-hydrogen) atoms. The van der Waals surface area contributed by atoms with Crippen molar-refractivity contribution in [2.24, 2.45) is 0 Å². The molecule has 3 aliphatic rings. The fraction of sp³-hybridized carbons (Fsp3) is 0.414. The van der Waals surface area contributed by atoms with Crippen LogP contribution in [-0.4, -0.2) is 88.6 Å². The second-order valence-electron chi connectivity index (χ2n) is 10.9. The van der Waals surface area contributed by atoms with Crippen molar-refractivity contribution in [3.8, 4) is 22.7 Å². The van der Waals surface area contributed by atoms with Gasteiger partial charge in [0.25, 0.3) is 5.91 Å². The summed E-state index contributed by atoms with van der Waals surface area (Å²) in [5.41, 5.74) is 4.09. The van der Waals surface area contributed by atoms with Gasteiger partial charge in [-0.25, -0.2) is 14.1 Å². The largest absolute Gasteiger partial charge is 0.494 e. The third-order valence-electron chi connectivity index (χ3n) is 8.18. The predicted octanol–water partition coefficient (Wildman–Crippen LogP) is 3.06. The molecule has 0 radical (unpaired) electrons. The number of hydrogen-bond acceptors (Lipinski definition) is 7. The average molecular weight is 546 g/mol. The molecule has 1 N–H and O–H groups in total. The minimum atomic E-state index is -0.517. The van der Waals surface area contributed by atoms with E-state index < -0.39 is 5.82 Å². The molecular weight excluding hydrogens is 513 g/mol. The van der Waals surface area contributed by atoms with Gasteiger partial charge < -0.3 is 19.7 Å². The van der Waals surface area contributed by atoms with Gasteiger partial charge in [0.15, 0.2) is 5.82 Å². The number of piperazine rings is 1. The van der Waals surface area contributed by atoms with Crippen LogP contribution in [0.3, 0.4) is 0 Å². The zero-order chi connectivity index (χ0) is 27.4. The molecule has 11 heteroatoms. The lowest BCUT2D eigenvalue weighted by atomic mass is 9.99. The van der Waals surface area contributed by atoms with E-state index in [9.17, 15) is 9.18 Å². The molecule has 10 nitrogen and oxygen atoms in total. The van der Waals surface area contributed by atoms with Crippen LogP contribution >= 0.6 is 0 Å². The van der Waals surface area contributed by atoms with E-state index in [-0.39, 0.29) is 17.5 Å². The molecule has 0 bridgehead atoms. The summed E-state index contributed by atoms with van der Waals surface area (Å²) in [4.78, 5) is 22.1. The number of amides is 1. The van der Waals surface area contributed by atoms with Crippen molar-refractivity contribution in [2.45, 2.75) is 31.8 Å². The first-order valence-corrected chi connectivity index (χ1v) is 13.8. The zero-order valence-corrected chi connectivity index (χ0v) is 22.6. The number of halogens is 1. The molecule has 2 aliphatic heterocycles. The van der Waals surface area contributed by atoms with Crippen LogP contribution in [0.1, 0.15) is 28.8 Å². The van der Waals surface area contributed by atoms with Crippen molar-refractivity contribution in [3.63, 3.8) is 0 Å². The van der Waals surface area contributed by atoms with Crippen LogP contribution < -0.4 is 15.0 Å². The molecule has 4 aromatic rings. The fourth-order valence-corrected chi connectivity index (χ4v) is 5.55. The van der Waals surface area contributed by atoms with Crippen LogP contribution in [0.5, 0.6) is 5.75 Å². The third kappa shape index (κ3) is 4.48. The molecular formula is C29H32FN7O3. The maximum absolute atomic E-state index is 14.7. The Bertz CT molecular complexity index is 1580. The highest BCUT2D eigenvalue weighted by Crippen LogP contribution is 2.33. The van der Waals surface area contributed by atoms with Gasteiger partial charge in [0.1, 0.15) is 17.2 Å². The van der Waals surface area contributed by atoms with Crippen LogP contribution in [0.2, 0.25) is 0 Å². The molecule has 5 heterocycles. The molecule has 0 spiro atoms. The number of aromatic nitrogens is 4. The number of anilines is 1. The van der Waals surface area contributed by atoms with Gasteiger partial charge in [-0.15, -0.1) is 0 Å². The molecule has 1 amide bonds. The summed E-state index contributed by atoms with van der Waals surface area (Å²) in [6.45, 7) is 7.24. The summed E-state index contributed by atoms with van der Waals surface area (Å²) in [6.07, 6.45) is 9.33. The quantitative estimate of drug-likeness (QED) is 0.382. The Labute approximate surface area is 231 Å². The summed E-state index contributed by atoms with van der Waals surface area (Å²) in [6, 6.07) is 5.67. The number of aryl methyl sites for hydroxylation is 1. The Balaban J connectivity index is 1.19. The first kappa shape index (κ1) is 25.0. The van der Waals surface area contributed by atoms with Gasteiger partial charge in [0.05, 0.1) is 50.0 Å². The summed E-state index contributed by atoms with van der Waals surface area (Å²) >= 11 is 0. The highest BCUT2D eigenvalue weighted by Gasteiger charge is 2.30. The zero-order valence-electron chi connectivity index (χ0n) is 22.6. The average Bonchev–Trinajstić information content (AvgIpc) is 3.44. The number of carbonyl (C=O) groups excluding carboxylic acids is 1.